The van der Waals surface area contributed by atoms with E-state index in [4.69, 9.17) is 21.3 Å². The van der Waals surface area contributed by atoms with Gasteiger partial charge in [-0.3, -0.25) is 0 Å². The molecule has 8 nitrogen and oxygen atoms in total. The highest BCUT2D eigenvalue weighted by atomic mass is 16.4. The molecule has 2 N–H and O–H groups in total. The van der Waals surface area contributed by atoms with Crippen LogP contribution in [0, 0.1) is 0 Å². The van der Waals surface area contributed by atoms with Crippen molar-refractivity contribution in [2.75, 3.05) is 0 Å². The van der Waals surface area contributed by atoms with Gasteiger partial charge in [0.05, 0.1) is 12.8 Å². The predicted molar refractivity (Wildman–Crippen MR) is 74.1 cm³/mol. The van der Waals surface area contributed by atoms with Crippen molar-refractivity contribution in [2.45, 2.75) is 12.8 Å². The van der Waals surface area contributed by atoms with Crippen LogP contribution < -0.4 is 0 Å². The van der Waals surface area contributed by atoms with Crippen molar-refractivity contribution < 1.29 is 29.4 Å². The highest BCUT2D eigenvalue weighted by Crippen LogP contribution is 2.26. The SMILES string of the molecule is [N-]=[N+]=C1CC=C(C2=CCC(=[N+]=[N-])C(C(=O)O)=C2)C=C1C(=O)O. The second kappa shape index (κ2) is 5.97. The molecular formula is C14H10N4O4. The number of nitrogens with zero attached hydrogens (tertiary/aromatic N) is 4. The molecule has 8 heteroatoms. The standard InChI is InChI=1S/C14H10N4O4/c15-17-11-3-1-7(5-9(11)13(19)20)8-2-4-12(18-16)10(6-8)14(21)22/h1-2,5-6H,3-4H2,(H,19,20)(H,21,22). The third-order valence-electron chi connectivity index (χ3n) is 3.29. The van der Waals surface area contributed by atoms with E-state index >= 15 is 0 Å². The largest absolute Gasteiger partial charge is 0.477 e. The van der Waals surface area contributed by atoms with E-state index < -0.39 is 11.9 Å². The number of rotatable bonds is 3. The fraction of sp³-hybridized carbons (Fsp3) is 0.143. The lowest BCUT2D eigenvalue weighted by molar-refractivity contribution is -0.133. The molecule has 0 atom stereocenters. The molecular weight excluding hydrogens is 288 g/mol. The van der Waals surface area contributed by atoms with Gasteiger partial charge in [-0.05, 0) is 23.3 Å². The molecule has 0 aromatic rings. The third-order valence-corrected chi connectivity index (χ3v) is 3.29. The molecule has 0 bridgehead atoms. The van der Waals surface area contributed by atoms with Gasteiger partial charge in [0, 0.05) is 0 Å². The number of aliphatic carboxylic acids is 2. The molecule has 0 saturated heterocycles. The van der Waals surface area contributed by atoms with Crippen LogP contribution in [-0.2, 0) is 9.59 Å². The maximum atomic E-state index is 11.2. The summed E-state index contributed by atoms with van der Waals surface area (Å²) in [5.41, 5.74) is 18.3. The molecule has 0 amide bonds. The zero-order chi connectivity index (χ0) is 16.3. The summed E-state index contributed by atoms with van der Waals surface area (Å²) in [7, 11) is 0. The minimum absolute atomic E-state index is 0.0210. The van der Waals surface area contributed by atoms with Crippen LogP contribution >= 0.6 is 0 Å². The predicted octanol–water partition coefficient (Wildman–Crippen LogP) is 1.01. The number of hydrogen-bond donors (Lipinski definition) is 2. The first-order valence-corrected chi connectivity index (χ1v) is 6.21. The number of allylic oxidation sites excluding steroid dienone is 6. The van der Waals surface area contributed by atoms with E-state index in [1.807, 2.05) is 0 Å². The molecule has 2 rings (SSSR count). The van der Waals surface area contributed by atoms with Gasteiger partial charge in [-0.2, -0.15) is 9.58 Å². The van der Waals surface area contributed by atoms with Crippen molar-refractivity contribution in [3.05, 3.63) is 57.7 Å². The summed E-state index contributed by atoms with van der Waals surface area (Å²) in [6.45, 7) is 0. The van der Waals surface area contributed by atoms with Crippen LogP contribution in [-0.4, -0.2) is 43.2 Å². The quantitative estimate of drug-likeness (QED) is 0.590. The average Bonchev–Trinajstić information content (AvgIpc) is 2.53. The fourth-order valence-corrected chi connectivity index (χ4v) is 2.19. The molecule has 0 aromatic carbocycles. The van der Waals surface area contributed by atoms with Crippen LogP contribution in [0.5, 0.6) is 0 Å². The van der Waals surface area contributed by atoms with Crippen molar-refractivity contribution in [3.63, 3.8) is 0 Å². The molecule has 0 aliphatic heterocycles. The summed E-state index contributed by atoms with van der Waals surface area (Å²) >= 11 is 0. The maximum Gasteiger partial charge on any atom is 0.343 e. The van der Waals surface area contributed by atoms with Crippen LogP contribution in [0.1, 0.15) is 12.8 Å². The van der Waals surface area contributed by atoms with Gasteiger partial charge in [0.15, 0.2) is 0 Å². The van der Waals surface area contributed by atoms with E-state index in [1.54, 1.807) is 12.2 Å². The molecule has 0 saturated carbocycles. The van der Waals surface area contributed by atoms with E-state index in [2.05, 4.69) is 9.58 Å². The van der Waals surface area contributed by atoms with Crippen LogP contribution in [0.3, 0.4) is 0 Å². The van der Waals surface area contributed by atoms with Gasteiger partial charge in [0.2, 0.25) is 0 Å². The summed E-state index contributed by atoms with van der Waals surface area (Å²) in [6.07, 6.45) is 6.10. The van der Waals surface area contributed by atoms with Gasteiger partial charge < -0.3 is 21.3 Å². The van der Waals surface area contributed by atoms with E-state index in [0.29, 0.717) is 11.1 Å². The lowest BCUT2D eigenvalue weighted by Crippen LogP contribution is -2.19. The molecule has 0 unspecified atom stereocenters. The Balaban J connectivity index is 2.46. The highest BCUT2D eigenvalue weighted by Gasteiger charge is 2.29. The first-order valence-electron chi connectivity index (χ1n) is 6.21. The monoisotopic (exact) mass is 298 g/mol. The van der Waals surface area contributed by atoms with E-state index in [0.717, 1.165) is 0 Å². The Hall–Kier alpha value is -3.34. The Kier molecular flexibility index (Phi) is 4.08. The molecule has 0 spiro atoms. The summed E-state index contributed by atoms with van der Waals surface area (Å²) in [5, 5.41) is 18.2. The topological polar surface area (TPSA) is 147 Å². The Morgan fingerprint density at radius 3 is 1.50 bits per heavy atom. The second-order valence-corrected chi connectivity index (χ2v) is 4.55. The summed E-state index contributed by atoms with van der Waals surface area (Å²) < 4.78 is 0. The fourth-order valence-electron chi connectivity index (χ4n) is 2.19. The number of carboxylic acid groups (broad SMARTS) is 2. The Morgan fingerprint density at radius 1 is 0.864 bits per heavy atom. The average molecular weight is 298 g/mol. The molecule has 0 radical (unpaired) electrons. The van der Waals surface area contributed by atoms with Crippen molar-refractivity contribution in [1.82, 2.24) is 0 Å². The highest BCUT2D eigenvalue weighted by molar-refractivity contribution is 6.20. The van der Waals surface area contributed by atoms with Crippen molar-refractivity contribution >= 4 is 23.4 Å². The van der Waals surface area contributed by atoms with Crippen molar-refractivity contribution in [1.29, 1.82) is 0 Å². The molecule has 22 heavy (non-hydrogen) atoms. The van der Waals surface area contributed by atoms with Gasteiger partial charge in [0.1, 0.15) is 11.1 Å². The van der Waals surface area contributed by atoms with Gasteiger partial charge in [-0.1, -0.05) is 12.2 Å². The van der Waals surface area contributed by atoms with Crippen molar-refractivity contribution in [3.8, 4) is 0 Å². The van der Waals surface area contributed by atoms with Crippen LogP contribution in [0.4, 0.5) is 0 Å². The van der Waals surface area contributed by atoms with Gasteiger partial charge in [-0.15, -0.1) is 0 Å². The first kappa shape index (κ1) is 15.1. The minimum atomic E-state index is -1.24. The third kappa shape index (κ3) is 2.73. The molecule has 0 fully saturated rings. The van der Waals surface area contributed by atoms with Gasteiger partial charge in [0.25, 0.3) is 0 Å². The van der Waals surface area contributed by atoms with E-state index in [1.165, 1.54) is 12.2 Å². The molecule has 2 aliphatic carbocycles. The lowest BCUT2D eigenvalue weighted by Gasteiger charge is -2.12. The number of hydrogen-bond acceptors (Lipinski definition) is 2. The lowest BCUT2D eigenvalue weighted by atomic mass is 9.88. The Morgan fingerprint density at radius 2 is 1.23 bits per heavy atom. The first-order chi connectivity index (χ1) is 10.5. The molecule has 2 aliphatic rings. The van der Waals surface area contributed by atoms with Crippen molar-refractivity contribution in [2.24, 2.45) is 0 Å². The number of carboxylic acids is 2. The van der Waals surface area contributed by atoms with Gasteiger partial charge in [-0.25, -0.2) is 9.59 Å². The summed E-state index contributed by atoms with van der Waals surface area (Å²) in [4.78, 5) is 28.2. The minimum Gasteiger partial charge on any atom is -0.477 e. The molecule has 0 aromatic heterocycles. The van der Waals surface area contributed by atoms with Crippen LogP contribution in [0.15, 0.2) is 46.6 Å². The number of carbonyl (C=O) groups is 2. The normalized spacial score (nSPS) is 17.5. The van der Waals surface area contributed by atoms with E-state index in [-0.39, 0.29) is 35.4 Å². The van der Waals surface area contributed by atoms with E-state index in [9.17, 15) is 9.59 Å². The zero-order valence-corrected chi connectivity index (χ0v) is 11.2. The Bertz CT molecular complexity index is 733. The van der Waals surface area contributed by atoms with Crippen LogP contribution in [0.2, 0.25) is 0 Å². The van der Waals surface area contributed by atoms with Gasteiger partial charge >= 0.3 is 23.4 Å². The molecule has 0 heterocycles. The summed E-state index contributed by atoms with van der Waals surface area (Å²) in [5.74, 6) is -2.48. The summed E-state index contributed by atoms with van der Waals surface area (Å²) in [6, 6.07) is 0. The smallest absolute Gasteiger partial charge is 0.343 e. The maximum absolute atomic E-state index is 11.2. The second-order valence-electron chi connectivity index (χ2n) is 4.55. The molecule has 110 valence electrons. The Labute approximate surface area is 124 Å². The van der Waals surface area contributed by atoms with Crippen LogP contribution in [0.25, 0.3) is 11.1 Å². The zero-order valence-electron chi connectivity index (χ0n) is 11.2.